The summed E-state index contributed by atoms with van der Waals surface area (Å²) >= 11 is 0. The number of aromatic nitrogens is 2. The second kappa shape index (κ2) is 8.95. The molecule has 1 heterocycles. The van der Waals surface area contributed by atoms with E-state index < -0.39 is 6.10 Å². The van der Waals surface area contributed by atoms with Crippen molar-refractivity contribution in [2.75, 3.05) is 0 Å². The van der Waals surface area contributed by atoms with Crippen LogP contribution in [0.4, 0.5) is 0 Å². The molecule has 1 amide bonds. The lowest BCUT2D eigenvalue weighted by Crippen LogP contribution is -2.36. The van der Waals surface area contributed by atoms with Crippen molar-refractivity contribution in [1.82, 2.24) is 14.9 Å². The largest absolute Gasteiger partial charge is 0.481 e. The number of benzene rings is 2. The van der Waals surface area contributed by atoms with Crippen molar-refractivity contribution in [1.29, 1.82) is 0 Å². The fraction of sp³-hybridized carbons (Fsp3) is 0.333. The number of rotatable bonds is 7. The molecule has 5 heteroatoms. The number of para-hydroxylation sites is 1. The first kappa shape index (κ1) is 20.6. The van der Waals surface area contributed by atoms with Gasteiger partial charge in [0.2, 0.25) is 0 Å². The minimum Gasteiger partial charge on any atom is -0.481 e. The van der Waals surface area contributed by atoms with Gasteiger partial charge in [-0.05, 0) is 55.5 Å². The number of hydrogen-bond acceptors (Lipinski definition) is 3. The predicted molar refractivity (Wildman–Crippen MR) is 116 cm³/mol. The normalized spacial score (nSPS) is 12.1. The fourth-order valence-electron chi connectivity index (χ4n) is 3.32. The summed E-state index contributed by atoms with van der Waals surface area (Å²) in [6.07, 6.45) is 3.11. The van der Waals surface area contributed by atoms with Crippen LogP contribution >= 0.6 is 0 Å². The van der Waals surface area contributed by atoms with Crippen LogP contribution < -0.4 is 10.1 Å². The minimum absolute atomic E-state index is 0.140. The molecule has 1 N–H and O–H groups in total. The summed E-state index contributed by atoms with van der Waals surface area (Å²) in [6, 6.07) is 14.1. The highest BCUT2D eigenvalue weighted by molar-refractivity contribution is 5.80. The molecule has 5 nitrogen and oxygen atoms in total. The lowest BCUT2D eigenvalue weighted by molar-refractivity contribution is -0.127. The van der Waals surface area contributed by atoms with Gasteiger partial charge in [0, 0.05) is 18.9 Å². The third kappa shape index (κ3) is 4.86. The first-order valence-electron chi connectivity index (χ1n) is 10.00. The number of carbonyl (C=O) groups excluding carboxylic acids is 1. The van der Waals surface area contributed by atoms with Gasteiger partial charge < -0.3 is 14.6 Å². The molecule has 0 aliphatic heterocycles. The number of aryl methyl sites for hydroxylation is 2. The van der Waals surface area contributed by atoms with Gasteiger partial charge in [-0.2, -0.15) is 0 Å². The average Bonchev–Trinajstić information content (AvgIpc) is 3.11. The van der Waals surface area contributed by atoms with Crippen LogP contribution in [-0.2, 0) is 11.3 Å². The first-order valence-corrected chi connectivity index (χ1v) is 10.00. The number of amides is 1. The Hall–Kier alpha value is -3.08. The molecule has 0 aliphatic carbocycles. The molecule has 1 atom stereocenters. The van der Waals surface area contributed by atoms with E-state index in [0.29, 0.717) is 12.5 Å². The standard InChI is InChI=1S/C24H29N3O2/c1-16(2)21-11-10-17(3)14-23(21)29-18(4)24(28)26-15-20-8-6-7-9-22(20)27-13-12-25-19(27)5/h6-14,16,18H,15H2,1-5H3,(H,26,28)/t18-/m0/s1. The van der Waals surface area contributed by atoms with E-state index in [0.717, 1.165) is 34.0 Å². The zero-order chi connectivity index (χ0) is 21.0. The first-order chi connectivity index (χ1) is 13.9. The SMILES string of the molecule is Cc1ccc(C(C)C)c(O[C@@H](C)C(=O)NCc2ccccc2-n2ccnc2C)c1. The highest BCUT2D eigenvalue weighted by Crippen LogP contribution is 2.28. The molecule has 1 aromatic heterocycles. The quantitative estimate of drug-likeness (QED) is 0.635. The van der Waals surface area contributed by atoms with Crippen molar-refractivity contribution in [2.45, 2.75) is 53.2 Å². The van der Waals surface area contributed by atoms with Crippen molar-refractivity contribution in [3.8, 4) is 11.4 Å². The van der Waals surface area contributed by atoms with Gasteiger partial charge in [0.05, 0.1) is 5.69 Å². The summed E-state index contributed by atoms with van der Waals surface area (Å²) in [7, 11) is 0. The monoisotopic (exact) mass is 391 g/mol. The minimum atomic E-state index is -0.587. The zero-order valence-corrected chi connectivity index (χ0v) is 17.8. The van der Waals surface area contributed by atoms with Gasteiger partial charge in [0.25, 0.3) is 5.91 Å². The maximum Gasteiger partial charge on any atom is 0.261 e. The summed E-state index contributed by atoms with van der Waals surface area (Å²) in [5, 5.41) is 3.01. The van der Waals surface area contributed by atoms with Crippen LogP contribution in [0, 0.1) is 13.8 Å². The Morgan fingerprint density at radius 1 is 1.14 bits per heavy atom. The van der Waals surface area contributed by atoms with Crippen molar-refractivity contribution in [3.63, 3.8) is 0 Å². The van der Waals surface area contributed by atoms with Gasteiger partial charge in [0.15, 0.2) is 6.10 Å². The predicted octanol–water partition coefficient (Wildman–Crippen LogP) is 4.70. The highest BCUT2D eigenvalue weighted by atomic mass is 16.5. The molecule has 29 heavy (non-hydrogen) atoms. The molecule has 0 saturated heterocycles. The summed E-state index contributed by atoms with van der Waals surface area (Å²) in [4.78, 5) is 17.0. The van der Waals surface area contributed by atoms with Crippen molar-refractivity contribution < 1.29 is 9.53 Å². The van der Waals surface area contributed by atoms with Gasteiger partial charge in [-0.25, -0.2) is 4.98 Å². The Morgan fingerprint density at radius 3 is 2.59 bits per heavy atom. The van der Waals surface area contributed by atoms with E-state index in [9.17, 15) is 4.79 Å². The van der Waals surface area contributed by atoms with Gasteiger partial charge >= 0.3 is 0 Å². The van der Waals surface area contributed by atoms with E-state index in [1.807, 2.05) is 54.9 Å². The molecule has 0 unspecified atom stereocenters. The zero-order valence-electron chi connectivity index (χ0n) is 17.8. The van der Waals surface area contributed by atoms with E-state index in [1.54, 1.807) is 13.1 Å². The summed E-state index contributed by atoms with van der Waals surface area (Å²) < 4.78 is 8.05. The molecule has 3 aromatic rings. The molecule has 0 bridgehead atoms. The third-order valence-corrected chi connectivity index (χ3v) is 4.99. The number of nitrogens with one attached hydrogen (secondary N) is 1. The smallest absolute Gasteiger partial charge is 0.261 e. The molecular weight excluding hydrogens is 362 g/mol. The number of carbonyl (C=O) groups is 1. The van der Waals surface area contributed by atoms with Crippen LogP contribution in [0.5, 0.6) is 5.75 Å². The molecule has 0 saturated carbocycles. The van der Waals surface area contributed by atoms with Gasteiger partial charge in [-0.3, -0.25) is 4.79 Å². The number of hydrogen-bond donors (Lipinski definition) is 1. The van der Waals surface area contributed by atoms with Crippen LogP contribution in [0.15, 0.2) is 54.9 Å². The van der Waals surface area contributed by atoms with Crippen LogP contribution in [0.2, 0.25) is 0 Å². The Bertz CT molecular complexity index is 991. The Morgan fingerprint density at radius 2 is 1.90 bits per heavy atom. The van der Waals surface area contributed by atoms with E-state index in [4.69, 9.17) is 4.74 Å². The number of nitrogens with zero attached hydrogens (tertiary/aromatic N) is 2. The number of imidazole rings is 1. The molecule has 0 fully saturated rings. The molecule has 152 valence electrons. The molecule has 0 spiro atoms. The second-order valence-corrected chi connectivity index (χ2v) is 7.65. The maximum absolute atomic E-state index is 12.7. The molecule has 0 radical (unpaired) electrons. The van der Waals surface area contributed by atoms with Crippen molar-refractivity contribution in [2.24, 2.45) is 0 Å². The lowest BCUT2D eigenvalue weighted by atomic mass is 10.0. The highest BCUT2D eigenvalue weighted by Gasteiger charge is 2.18. The topological polar surface area (TPSA) is 56.1 Å². The Kier molecular flexibility index (Phi) is 6.37. The van der Waals surface area contributed by atoms with Crippen LogP contribution in [0.3, 0.4) is 0 Å². The Balaban J connectivity index is 1.70. The maximum atomic E-state index is 12.7. The number of ether oxygens (including phenoxy) is 1. The molecule has 3 rings (SSSR count). The average molecular weight is 392 g/mol. The van der Waals surface area contributed by atoms with Gasteiger partial charge in [-0.1, -0.05) is 44.2 Å². The van der Waals surface area contributed by atoms with E-state index in [2.05, 4.69) is 36.3 Å². The van der Waals surface area contributed by atoms with Crippen LogP contribution in [0.25, 0.3) is 5.69 Å². The van der Waals surface area contributed by atoms with E-state index in [-0.39, 0.29) is 5.91 Å². The van der Waals surface area contributed by atoms with Gasteiger partial charge in [0.1, 0.15) is 11.6 Å². The van der Waals surface area contributed by atoms with E-state index >= 15 is 0 Å². The van der Waals surface area contributed by atoms with Crippen LogP contribution in [-0.4, -0.2) is 21.6 Å². The molecule has 0 aliphatic rings. The second-order valence-electron chi connectivity index (χ2n) is 7.65. The molecule has 2 aromatic carbocycles. The summed E-state index contributed by atoms with van der Waals surface area (Å²) in [5.74, 6) is 1.86. The van der Waals surface area contributed by atoms with Crippen molar-refractivity contribution in [3.05, 3.63) is 77.4 Å². The Labute approximate surface area is 172 Å². The summed E-state index contributed by atoms with van der Waals surface area (Å²) in [5.41, 5.74) is 4.25. The van der Waals surface area contributed by atoms with Crippen LogP contribution in [0.1, 0.15) is 49.2 Å². The summed E-state index contributed by atoms with van der Waals surface area (Å²) in [6.45, 7) is 10.4. The van der Waals surface area contributed by atoms with E-state index in [1.165, 1.54) is 0 Å². The molecular formula is C24H29N3O2. The fourth-order valence-corrected chi connectivity index (χ4v) is 3.32. The van der Waals surface area contributed by atoms with Crippen molar-refractivity contribution >= 4 is 5.91 Å². The third-order valence-electron chi connectivity index (χ3n) is 4.99. The van der Waals surface area contributed by atoms with Gasteiger partial charge in [-0.15, -0.1) is 0 Å². The lowest BCUT2D eigenvalue weighted by Gasteiger charge is -2.20.